The maximum Gasteiger partial charge on any atom is 0.282 e. The minimum Gasteiger partial charge on any atom is -0.324 e. The molecule has 4 nitrogen and oxygen atoms in total. The molecule has 0 aliphatic carbocycles. The molecule has 2 N–H and O–H groups in total. The third kappa shape index (κ3) is 5.30. The molecule has 0 heterocycles. The van der Waals surface area contributed by atoms with Crippen molar-refractivity contribution in [3.63, 3.8) is 0 Å². The molecule has 0 bridgehead atoms. The number of anilines is 1. The molecule has 0 radical (unpaired) electrons. The molecule has 0 fully saturated rings. The Morgan fingerprint density at radius 2 is 1.76 bits per heavy atom. The Morgan fingerprint density at radius 3 is 2.32 bits per heavy atom. The molecule has 0 saturated heterocycles. The molecule has 0 aromatic heterocycles. The molecule has 0 aliphatic rings. The van der Waals surface area contributed by atoms with Crippen molar-refractivity contribution in [3.8, 4) is 0 Å². The SMILES string of the molecule is CC(=O)c1ccc(NC(=O)[C@H](C)[NH+](C)Cc2ccc(Cl)cc2Cl)cc1. The summed E-state index contributed by atoms with van der Waals surface area (Å²) in [6.45, 7) is 3.97. The number of carbonyl (C=O) groups excluding carboxylic acids is 2. The van der Waals surface area contributed by atoms with Crippen LogP contribution in [0, 0.1) is 0 Å². The van der Waals surface area contributed by atoms with Crippen LogP contribution in [-0.4, -0.2) is 24.8 Å². The zero-order valence-corrected chi connectivity index (χ0v) is 15.9. The second kappa shape index (κ2) is 8.48. The number of benzene rings is 2. The first-order chi connectivity index (χ1) is 11.8. The Hall–Kier alpha value is -1.88. The fourth-order valence-electron chi connectivity index (χ4n) is 2.38. The zero-order valence-electron chi connectivity index (χ0n) is 14.4. The molecular weight excluding hydrogens is 359 g/mol. The van der Waals surface area contributed by atoms with Gasteiger partial charge in [0.25, 0.3) is 5.91 Å². The van der Waals surface area contributed by atoms with Gasteiger partial charge in [0.1, 0.15) is 6.54 Å². The van der Waals surface area contributed by atoms with Crippen LogP contribution >= 0.6 is 23.2 Å². The van der Waals surface area contributed by atoms with Gasteiger partial charge >= 0.3 is 0 Å². The number of ketones is 1. The summed E-state index contributed by atoms with van der Waals surface area (Å²) in [6.07, 6.45) is 0. The summed E-state index contributed by atoms with van der Waals surface area (Å²) in [5.41, 5.74) is 2.22. The molecule has 2 atom stereocenters. The average molecular weight is 380 g/mol. The monoisotopic (exact) mass is 379 g/mol. The van der Waals surface area contributed by atoms with Crippen molar-refractivity contribution in [2.75, 3.05) is 12.4 Å². The summed E-state index contributed by atoms with van der Waals surface area (Å²) >= 11 is 12.1. The molecule has 132 valence electrons. The lowest BCUT2D eigenvalue weighted by Crippen LogP contribution is -3.12. The fraction of sp³-hybridized carbons (Fsp3) is 0.263. The highest BCUT2D eigenvalue weighted by Gasteiger charge is 2.22. The second-order valence-electron chi connectivity index (χ2n) is 6.10. The molecule has 1 amide bonds. The highest BCUT2D eigenvalue weighted by molar-refractivity contribution is 6.35. The first-order valence-corrected chi connectivity index (χ1v) is 8.71. The van der Waals surface area contributed by atoms with Crippen LogP contribution < -0.4 is 10.2 Å². The van der Waals surface area contributed by atoms with E-state index in [-0.39, 0.29) is 17.7 Å². The van der Waals surface area contributed by atoms with E-state index in [9.17, 15) is 9.59 Å². The summed E-state index contributed by atoms with van der Waals surface area (Å²) in [6, 6.07) is 11.9. The number of Topliss-reactive ketones (excluding diaryl/α,β-unsaturated/α-hetero) is 1. The molecule has 2 aromatic rings. The molecule has 2 rings (SSSR count). The molecule has 2 aromatic carbocycles. The van der Waals surface area contributed by atoms with Crippen molar-refractivity contribution in [2.45, 2.75) is 26.4 Å². The van der Waals surface area contributed by atoms with E-state index in [0.29, 0.717) is 27.8 Å². The minimum atomic E-state index is -0.278. The van der Waals surface area contributed by atoms with Crippen LogP contribution in [0.4, 0.5) is 5.69 Å². The van der Waals surface area contributed by atoms with Gasteiger partial charge in [-0.2, -0.15) is 0 Å². The second-order valence-corrected chi connectivity index (χ2v) is 6.95. The predicted octanol–water partition coefficient (Wildman–Crippen LogP) is 3.24. The normalized spacial score (nSPS) is 13.2. The van der Waals surface area contributed by atoms with Gasteiger partial charge in [-0.15, -0.1) is 0 Å². The van der Waals surface area contributed by atoms with Crippen molar-refractivity contribution in [2.24, 2.45) is 0 Å². The Bertz CT molecular complexity index is 775. The average Bonchev–Trinajstić information content (AvgIpc) is 2.57. The van der Waals surface area contributed by atoms with Crippen molar-refractivity contribution >= 4 is 40.6 Å². The highest BCUT2D eigenvalue weighted by Crippen LogP contribution is 2.20. The van der Waals surface area contributed by atoms with Crippen molar-refractivity contribution in [1.29, 1.82) is 0 Å². The summed E-state index contributed by atoms with van der Waals surface area (Å²) < 4.78 is 0. The van der Waals surface area contributed by atoms with E-state index in [1.165, 1.54) is 6.92 Å². The van der Waals surface area contributed by atoms with E-state index in [1.54, 1.807) is 36.4 Å². The van der Waals surface area contributed by atoms with Crippen LogP contribution in [0.2, 0.25) is 10.0 Å². The van der Waals surface area contributed by atoms with E-state index in [1.807, 2.05) is 20.0 Å². The number of nitrogens with one attached hydrogen (secondary N) is 2. The summed E-state index contributed by atoms with van der Waals surface area (Å²) in [7, 11) is 1.94. The van der Waals surface area contributed by atoms with Gasteiger partial charge in [-0.3, -0.25) is 9.59 Å². The van der Waals surface area contributed by atoms with Crippen LogP contribution in [0.15, 0.2) is 42.5 Å². The van der Waals surface area contributed by atoms with Crippen molar-refractivity contribution in [3.05, 3.63) is 63.6 Å². The zero-order chi connectivity index (χ0) is 18.6. The first kappa shape index (κ1) is 19.4. The molecule has 0 spiro atoms. The lowest BCUT2D eigenvalue weighted by atomic mass is 10.1. The van der Waals surface area contributed by atoms with Crippen LogP contribution in [0.1, 0.15) is 29.8 Å². The largest absolute Gasteiger partial charge is 0.324 e. The Balaban J connectivity index is 1.99. The van der Waals surface area contributed by atoms with E-state index in [2.05, 4.69) is 5.32 Å². The summed E-state index contributed by atoms with van der Waals surface area (Å²) in [4.78, 5) is 24.7. The van der Waals surface area contributed by atoms with E-state index < -0.39 is 0 Å². The van der Waals surface area contributed by atoms with E-state index in [4.69, 9.17) is 23.2 Å². The van der Waals surface area contributed by atoms with Gasteiger partial charge in [0.15, 0.2) is 11.8 Å². The minimum absolute atomic E-state index is 0.00438. The van der Waals surface area contributed by atoms with Crippen LogP contribution in [0.5, 0.6) is 0 Å². The van der Waals surface area contributed by atoms with E-state index >= 15 is 0 Å². The maximum atomic E-state index is 12.4. The van der Waals surface area contributed by atoms with Gasteiger partial charge in [-0.1, -0.05) is 29.3 Å². The van der Waals surface area contributed by atoms with Crippen molar-refractivity contribution in [1.82, 2.24) is 0 Å². The number of likely N-dealkylation sites (N-methyl/N-ethyl adjacent to an activating group) is 1. The first-order valence-electron chi connectivity index (χ1n) is 7.96. The van der Waals surface area contributed by atoms with Gasteiger partial charge in [-0.05, 0) is 50.2 Å². The maximum absolute atomic E-state index is 12.4. The third-order valence-electron chi connectivity index (χ3n) is 4.18. The van der Waals surface area contributed by atoms with E-state index in [0.717, 1.165) is 10.5 Å². The number of halogens is 2. The molecule has 25 heavy (non-hydrogen) atoms. The third-order valence-corrected chi connectivity index (χ3v) is 4.76. The fourth-order valence-corrected chi connectivity index (χ4v) is 2.86. The topological polar surface area (TPSA) is 50.6 Å². The Labute approximate surface area is 157 Å². The number of hydrogen-bond donors (Lipinski definition) is 2. The molecular formula is C19H21Cl2N2O2+. The van der Waals surface area contributed by atoms with Crippen molar-refractivity contribution < 1.29 is 14.5 Å². The number of quaternary nitrogens is 1. The van der Waals surface area contributed by atoms with Crippen LogP contribution in [-0.2, 0) is 11.3 Å². The number of amides is 1. The molecule has 0 aliphatic heterocycles. The summed E-state index contributed by atoms with van der Waals surface area (Å²) in [5.74, 6) is -0.103. The Morgan fingerprint density at radius 1 is 1.12 bits per heavy atom. The van der Waals surface area contributed by atoms with Gasteiger partial charge in [-0.25, -0.2) is 0 Å². The summed E-state index contributed by atoms with van der Waals surface area (Å²) in [5, 5.41) is 4.06. The van der Waals surface area contributed by atoms with Gasteiger partial charge in [0.2, 0.25) is 0 Å². The Kier molecular flexibility index (Phi) is 6.59. The highest BCUT2D eigenvalue weighted by atomic mass is 35.5. The predicted molar refractivity (Wildman–Crippen MR) is 102 cm³/mol. The quantitative estimate of drug-likeness (QED) is 0.756. The lowest BCUT2D eigenvalue weighted by molar-refractivity contribution is -0.907. The van der Waals surface area contributed by atoms with Gasteiger partial charge < -0.3 is 10.2 Å². The number of hydrogen-bond acceptors (Lipinski definition) is 2. The number of rotatable bonds is 6. The molecule has 6 heteroatoms. The van der Waals surface area contributed by atoms with Crippen LogP contribution in [0.3, 0.4) is 0 Å². The van der Waals surface area contributed by atoms with Gasteiger partial charge in [0, 0.05) is 21.8 Å². The van der Waals surface area contributed by atoms with Crippen LogP contribution in [0.25, 0.3) is 0 Å². The molecule has 0 saturated carbocycles. The smallest absolute Gasteiger partial charge is 0.282 e. The number of carbonyl (C=O) groups is 2. The standard InChI is InChI=1S/C19H20Cl2N2O2/c1-12(23(3)11-15-4-7-16(20)10-18(15)21)19(25)22-17-8-5-14(6-9-17)13(2)24/h4-10,12H,11H2,1-3H3,(H,22,25)/p+1/t12-/m0/s1. The lowest BCUT2D eigenvalue weighted by Gasteiger charge is -2.21. The van der Waals surface area contributed by atoms with Gasteiger partial charge in [0.05, 0.1) is 12.1 Å². The molecule has 1 unspecified atom stereocenters.